The Morgan fingerprint density at radius 1 is 1.19 bits per heavy atom. The number of imide groups is 1. The van der Waals surface area contributed by atoms with Crippen LogP contribution in [-0.4, -0.2) is 63.3 Å². The highest BCUT2D eigenvalue weighted by Crippen LogP contribution is 1.96. The fraction of sp³-hybridized carbons (Fsp3) is 0.800. The molecule has 0 aliphatic carbocycles. The number of amides is 2. The van der Waals surface area contributed by atoms with E-state index in [1.165, 1.54) is 4.90 Å². The Balaban J connectivity index is 2.11. The van der Waals surface area contributed by atoms with Gasteiger partial charge in [0.15, 0.2) is 0 Å². The van der Waals surface area contributed by atoms with E-state index in [9.17, 15) is 9.59 Å². The number of ether oxygens (including phenoxy) is 2. The monoisotopic (exact) mass is 230 g/mol. The number of piperazine rings is 1. The molecule has 1 N–H and O–H groups in total. The van der Waals surface area contributed by atoms with E-state index in [4.69, 9.17) is 9.47 Å². The van der Waals surface area contributed by atoms with Crippen molar-refractivity contribution in [3.63, 3.8) is 0 Å². The van der Waals surface area contributed by atoms with E-state index < -0.39 is 0 Å². The summed E-state index contributed by atoms with van der Waals surface area (Å²) in [6.07, 6.45) is 0.819. The molecule has 92 valence electrons. The van der Waals surface area contributed by atoms with Crippen molar-refractivity contribution in [3.05, 3.63) is 0 Å². The molecule has 1 fully saturated rings. The fourth-order valence-corrected chi connectivity index (χ4v) is 1.42. The number of nitrogens with zero attached hydrogens (tertiary/aromatic N) is 1. The van der Waals surface area contributed by atoms with E-state index in [2.05, 4.69) is 5.32 Å². The van der Waals surface area contributed by atoms with Gasteiger partial charge in [-0.2, -0.15) is 0 Å². The zero-order valence-corrected chi connectivity index (χ0v) is 9.53. The molecule has 16 heavy (non-hydrogen) atoms. The van der Waals surface area contributed by atoms with Crippen molar-refractivity contribution < 1.29 is 19.1 Å². The molecule has 2 amide bonds. The van der Waals surface area contributed by atoms with Crippen molar-refractivity contribution in [1.82, 2.24) is 10.2 Å². The zero-order chi connectivity index (χ0) is 11.8. The second kappa shape index (κ2) is 7.32. The maximum Gasteiger partial charge on any atom is 0.243 e. The molecule has 0 aromatic rings. The van der Waals surface area contributed by atoms with Gasteiger partial charge in [-0.05, 0) is 6.42 Å². The lowest BCUT2D eigenvalue weighted by Gasteiger charge is -2.25. The number of hydrogen-bond donors (Lipinski definition) is 1. The summed E-state index contributed by atoms with van der Waals surface area (Å²) in [5.74, 6) is -0.367. The van der Waals surface area contributed by atoms with Crippen LogP contribution in [0.3, 0.4) is 0 Å². The van der Waals surface area contributed by atoms with Crippen LogP contribution < -0.4 is 5.32 Å². The summed E-state index contributed by atoms with van der Waals surface area (Å²) in [5, 5.41) is 2.73. The van der Waals surface area contributed by atoms with E-state index in [0.717, 1.165) is 6.42 Å². The average Bonchev–Trinajstić information content (AvgIpc) is 2.26. The third kappa shape index (κ3) is 4.26. The minimum absolute atomic E-state index is 0.184. The zero-order valence-electron chi connectivity index (χ0n) is 9.53. The number of carbonyl (C=O) groups is 2. The molecule has 1 aliphatic rings. The lowest BCUT2D eigenvalue weighted by Crippen LogP contribution is -2.52. The number of carbonyl (C=O) groups excluding carboxylic acids is 2. The lowest BCUT2D eigenvalue weighted by molar-refractivity contribution is -0.147. The first-order valence-corrected chi connectivity index (χ1v) is 5.36. The Labute approximate surface area is 94.9 Å². The van der Waals surface area contributed by atoms with Crippen LogP contribution in [0.15, 0.2) is 0 Å². The van der Waals surface area contributed by atoms with Crippen LogP contribution in [0.25, 0.3) is 0 Å². The third-order valence-corrected chi connectivity index (χ3v) is 2.25. The Morgan fingerprint density at radius 2 is 1.88 bits per heavy atom. The summed E-state index contributed by atoms with van der Waals surface area (Å²) in [6.45, 7) is 2.44. The van der Waals surface area contributed by atoms with Crippen LogP contribution in [-0.2, 0) is 19.1 Å². The minimum atomic E-state index is -0.184. The third-order valence-electron chi connectivity index (χ3n) is 2.25. The van der Waals surface area contributed by atoms with Crippen LogP contribution in [0.5, 0.6) is 0 Å². The average molecular weight is 230 g/mol. The van der Waals surface area contributed by atoms with Gasteiger partial charge in [-0.25, -0.2) is 0 Å². The Hall–Kier alpha value is -0.980. The van der Waals surface area contributed by atoms with Gasteiger partial charge in [0.05, 0.1) is 26.2 Å². The van der Waals surface area contributed by atoms with E-state index in [1.807, 2.05) is 0 Å². The van der Waals surface area contributed by atoms with Gasteiger partial charge < -0.3 is 9.47 Å². The first-order valence-electron chi connectivity index (χ1n) is 5.36. The van der Waals surface area contributed by atoms with Crippen LogP contribution in [0.4, 0.5) is 0 Å². The van der Waals surface area contributed by atoms with Crippen LogP contribution in [0.1, 0.15) is 6.42 Å². The van der Waals surface area contributed by atoms with Gasteiger partial charge in [-0.3, -0.25) is 19.8 Å². The van der Waals surface area contributed by atoms with E-state index in [-0.39, 0.29) is 24.9 Å². The van der Waals surface area contributed by atoms with Gasteiger partial charge in [0.1, 0.15) is 0 Å². The number of rotatable bonds is 7. The van der Waals surface area contributed by atoms with Gasteiger partial charge >= 0.3 is 0 Å². The van der Waals surface area contributed by atoms with Crippen molar-refractivity contribution in [2.24, 2.45) is 0 Å². The molecule has 0 radical (unpaired) electrons. The number of nitrogens with one attached hydrogen (secondary N) is 1. The highest BCUT2D eigenvalue weighted by molar-refractivity contribution is 5.99. The van der Waals surface area contributed by atoms with Gasteiger partial charge in [-0.1, -0.05) is 0 Å². The molecule has 1 aliphatic heterocycles. The van der Waals surface area contributed by atoms with Crippen molar-refractivity contribution >= 4 is 11.8 Å². The van der Waals surface area contributed by atoms with Gasteiger partial charge in [-0.15, -0.1) is 0 Å². The summed E-state index contributed by atoms with van der Waals surface area (Å²) < 4.78 is 10.2. The second-order valence-corrected chi connectivity index (χ2v) is 3.50. The van der Waals surface area contributed by atoms with E-state index in [1.54, 1.807) is 7.11 Å². The number of methoxy groups -OCH3 is 1. The first-order chi connectivity index (χ1) is 7.75. The molecule has 0 spiro atoms. The standard InChI is InChI=1S/C10H18N2O4/c1-15-4-2-5-16-6-3-12-9(13)7-11-8-10(12)14/h11H,2-8H2,1H3. The molecule has 6 heteroatoms. The quantitative estimate of drug-likeness (QED) is 0.449. The van der Waals surface area contributed by atoms with Crippen LogP contribution >= 0.6 is 0 Å². The summed E-state index contributed by atoms with van der Waals surface area (Å²) in [5.41, 5.74) is 0. The molecule has 1 rings (SSSR count). The van der Waals surface area contributed by atoms with E-state index >= 15 is 0 Å². The van der Waals surface area contributed by atoms with Crippen molar-refractivity contribution in [2.75, 3.05) is 46.6 Å². The number of hydrogen-bond acceptors (Lipinski definition) is 5. The van der Waals surface area contributed by atoms with Gasteiger partial charge in [0.2, 0.25) is 11.8 Å². The molecule has 1 heterocycles. The minimum Gasteiger partial charge on any atom is -0.385 e. The molecular weight excluding hydrogens is 212 g/mol. The summed E-state index contributed by atoms with van der Waals surface area (Å²) in [4.78, 5) is 23.9. The maximum absolute atomic E-state index is 11.3. The molecule has 6 nitrogen and oxygen atoms in total. The highest BCUT2D eigenvalue weighted by atomic mass is 16.5. The summed E-state index contributed by atoms with van der Waals surface area (Å²) in [7, 11) is 1.64. The largest absolute Gasteiger partial charge is 0.385 e. The Kier molecular flexibility index (Phi) is 5.99. The topological polar surface area (TPSA) is 67.9 Å². The molecule has 0 atom stereocenters. The second-order valence-electron chi connectivity index (χ2n) is 3.50. The fourth-order valence-electron chi connectivity index (χ4n) is 1.42. The summed E-state index contributed by atoms with van der Waals surface area (Å²) >= 11 is 0. The van der Waals surface area contributed by atoms with E-state index in [0.29, 0.717) is 26.4 Å². The van der Waals surface area contributed by atoms with Crippen molar-refractivity contribution in [1.29, 1.82) is 0 Å². The molecule has 0 saturated carbocycles. The van der Waals surface area contributed by atoms with Crippen molar-refractivity contribution in [2.45, 2.75) is 6.42 Å². The smallest absolute Gasteiger partial charge is 0.243 e. The molecule has 0 aromatic carbocycles. The van der Waals surface area contributed by atoms with Crippen LogP contribution in [0, 0.1) is 0 Å². The Bertz CT molecular complexity index is 229. The van der Waals surface area contributed by atoms with Crippen LogP contribution in [0.2, 0.25) is 0 Å². The van der Waals surface area contributed by atoms with Crippen molar-refractivity contribution in [3.8, 4) is 0 Å². The molecule has 0 unspecified atom stereocenters. The maximum atomic E-state index is 11.3. The molecule has 0 aromatic heterocycles. The normalized spacial score (nSPS) is 16.9. The lowest BCUT2D eigenvalue weighted by atomic mass is 10.3. The predicted octanol–water partition coefficient (Wildman–Crippen LogP) is -1.00. The molecule has 0 bridgehead atoms. The highest BCUT2D eigenvalue weighted by Gasteiger charge is 2.24. The Morgan fingerprint density at radius 3 is 2.50 bits per heavy atom. The first kappa shape index (κ1) is 13.1. The van der Waals surface area contributed by atoms with Gasteiger partial charge in [0, 0.05) is 20.3 Å². The molecular formula is C10H18N2O4. The molecule has 1 saturated heterocycles. The predicted molar refractivity (Wildman–Crippen MR) is 56.9 cm³/mol. The SMILES string of the molecule is COCCCOCCN1C(=O)CNCC1=O. The van der Waals surface area contributed by atoms with Gasteiger partial charge in [0.25, 0.3) is 0 Å². The summed E-state index contributed by atoms with van der Waals surface area (Å²) in [6, 6.07) is 0.